The van der Waals surface area contributed by atoms with Gasteiger partial charge in [0.05, 0.1) is 18.1 Å². The molecule has 0 heterocycles. The van der Waals surface area contributed by atoms with Crippen molar-refractivity contribution in [1.82, 2.24) is 0 Å². The van der Waals surface area contributed by atoms with E-state index >= 15 is 0 Å². The van der Waals surface area contributed by atoms with E-state index in [0.717, 1.165) is 32.1 Å². The molecule has 0 aromatic rings. The minimum absolute atomic E-state index is 0.0266. The molecule has 0 aliphatic heterocycles. The third-order valence-electron chi connectivity index (χ3n) is 9.05. The van der Waals surface area contributed by atoms with Gasteiger partial charge < -0.3 is 4.74 Å². The van der Waals surface area contributed by atoms with Crippen LogP contribution in [0, 0.1) is 51.8 Å². The molecule has 0 N–H and O–H groups in total. The smallest absolute Gasteiger partial charge is 0.134 e. The number of nitriles is 1. The molecule has 3 saturated carbocycles. The molecule has 8 atom stereocenters. The maximum Gasteiger partial charge on any atom is 0.134 e. The van der Waals surface area contributed by atoms with Gasteiger partial charge in [0.15, 0.2) is 0 Å². The second-order valence-electron chi connectivity index (χ2n) is 9.96. The fraction of sp³-hybridized carbons (Fsp3) is 0.826. The largest absolute Gasteiger partial charge is 0.381 e. The molecule has 0 bridgehead atoms. The van der Waals surface area contributed by atoms with Gasteiger partial charge in [0.2, 0.25) is 0 Å². The molecule has 0 aromatic heterocycles. The highest BCUT2D eigenvalue weighted by molar-refractivity contribution is 5.80. The van der Waals surface area contributed by atoms with Gasteiger partial charge in [0.1, 0.15) is 5.78 Å². The third-order valence-corrected chi connectivity index (χ3v) is 9.05. The number of ketones is 1. The average molecular weight is 356 g/mol. The van der Waals surface area contributed by atoms with Gasteiger partial charge in [-0.05, 0) is 80.5 Å². The number of hydrogen-bond acceptors (Lipinski definition) is 3. The molecule has 4 aliphatic rings. The standard InChI is InChI=1S/C23H33NO2/c1-14(25)21-15(13-24)11-20-18-6-5-16-12-17(26-4)7-9-22(16,2)19(18)8-10-23(20,21)3/h5,15,17-21H,6-12H2,1-4H3/t15?,17?,18-,19+,20+,21+,22+,23+/m1/s1. The Labute approximate surface area is 158 Å². The van der Waals surface area contributed by atoms with Crippen LogP contribution in [0.4, 0.5) is 0 Å². The first-order chi connectivity index (χ1) is 12.3. The summed E-state index contributed by atoms with van der Waals surface area (Å²) in [6, 6.07) is 2.50. The molecule has 0 amide bonds. The van der Waals surface area contributed by atoms with E-state index in [0.29, 0.717) is 29.3 Å². The summed E-state index contributed by atoms with van der Waals surface area (Å²) in [4.78, 5) is 12.4. The van der Waals surface area contributed by atoms with Crippen molar-refractivity contribution in [3.63, 3.8) is 0 Å². The highest BCUT2D eigenvalue weighted by atomic mass is 16.5. The minimum Gasteiger partial charge on any atom is -0.381 e. The summed E-state index contributed by atoms with van der Waals surface area (Å²) < 4.78 is 5.66. The predicted octanol–water partition coefficient (Wildman–Crippen LogP) is 4.92. The summed E-state index contributed by atoms with van der Waals surface area (Å²) in [7, 11) is 1.84. The number of Topliss-reactive ketones (excluding diaryl/α,β-unsaturated/α-hetero) is 1. The van der Waals surface area contributed by atoms with Gasteiger partial charge in [-0.25, -0.2) is 0 Å². The second kappa shape index (κ2) is 6.20. The Balaban J connectivity index is 1.67. The van der Waals surface area contributed by atoms with Crippen LogP contribution in [-0.4, -0.2) is 19.0 Å². The van der Waals surface area contributed by atoms with Crippen LogP contribution >= 0.6 is 0 Å². The van der Waals surface area contributed by atoms with E-state index in [1.807, 2.05) is 7.11 Å². The quantitative estimate of drug-likeness (QED) is 0.661. The first-order valence-electron chi connectivity index (χ1n) is 10.5. The second-order valence-corrected chi connectivity index (χ2v) is 9.96. The first kappa shape index (κ1) is 18.2. The average Bonchev–Trinajstić information content (AvgIpc) is 2.93. The van der Waals surface area contributed by atoms with Crippen LogP contribution in [0.15, 0.2) is 11.6 Å². The monoisotopic (exact) mass is 355 g/mol. The Morgan fingerprint density at radius 2 is 2.04 bits per heavy atom. The third kappa shape index (κ3) is 2.37. The van der Waals surface area contributed by atoms with Gasteiger partial charge in [-0.3, -0.25) is 4.79 Å². The fourth-order valence-corrected chi connectivity index (χ4v) is 7.75. The lowest BCUT2D eigenvalue weighted by atomic mass is 9.47. The van der Waals surface area contributed by atoms with Crippen molar-refractivity contribution in [2.45, 2.75) is 71.8 Å². The van der Waals surface area contributed by atoms with E-state index in [4.69, 9.17) is 4.74 Å². The summed E-state index contributed by atoms with van der Waals surface area (Å²) in [5, 5.41) is 9.71. The van der Waals surface area contributed by atoms with E-state index in [1.165, 1.54) is 12.8 Å². The van der Waals surface area contributed by atoms with Crippen LogP contribution < -0.4 is 0 Å². The van der Waals surface area contributed by atoms with Crippen LogP contribution in [0.2, 0.25) is 0 Å². The van der Waals surface area contributed by atoms with Crippen molar-refractivity contribution in [3.05, 3.63) is 11.6 Å². The fourth-order valence-electron chi connectivity index (χ4n) is 7.75. The minimum atomic E-state index is -0.0799. The number of hydrogen-bond donors (Lipinski definition) is 0. The Hall–Kier alpha value is -1.14. The summed E-state index contributed by atoms with van der Waals surface area (Å²) in [5.74, 6) is 1.98. The highest BCUT2D eigenvalue weighted by Crippen LogP contribution is 2.67. The van der Waals surface area contributed by atoms with Crippen LogP contribution in [0.3, 0.4) is 0 Å². The molecule has 0 spiro atoms. The van der Waals surface area contributed by atoms with Crippen LogP contribution in [0.5, 0.6) is 0 Å². The maximum atomic E-state index is 12.4. The number of carbonyl (C=O) groups excluding carboxylic acids is 1. The van der Waals surface area contributed by atoms with Crippen molar-refractivity contribution in [2.24, 2.45) is 40.4 Å². The Kier molecular flexibility index (Phi) is 4.35. The molecule has 3 heteroatoms. The molecule has 3 fully saturated rings. The van der Waals surface area contributed by atoms with Crippen LogP contribution in [-0.2, 0) is 9.53 Å². The maximum absolute atomic E-state index is 12.4. The molecular weight excluding hydrogens is 322 g/mol. The molecule has 4 rings (SSSR count). The van der Waals surface area contributed by atoms with E-state index in [1.54, 1.807) is 12.5 Å². The van der Waals surface area contributed by atoms with Gasteiger partial charge in [0, 0.05) is 13.0 Å². The van der Waals surface area contributed by atoms with Gasteiger partial charge in [-0.2, -0.15) is 5.26 Å². The van der Waals surface area contributed by atoms with E-state index < -0.39 is 0 Å². The van der Waals surface area contributed by atoms with E-state index in [-0.39, 0.29) is 23.0 Å². The summed E-state index contributed by atoms with van der Waals surface area (Å²) >= 11 is 0. The molecular formula is C23H33NO2. The zero-order chi connectivity index (χ0) is 18.7. The topological polar surface area (TPSA) is 50.1 Å². The number of fused-ring (bicyclic) bond motifs is 5. The lowest BCUT2D eigenvalue weighted by molar-refractivity contribution is -0.128. The first-order valence-corrected chi connectivity index (χ1v) is 10.5. The number of carbonyl (C=O) groups is 1. The van der Waals surface area contributed by atoms with Crippen molar-refractivity contribution in [2.75, 3.05) is 7.11 Å². The molecule has 4 aliphatic carbocycles. The van der Waals surface area contributed by atoms with E-state index in [9.17, 15) is 10.1 Å². The molecule has 26 heavy (non-hydrogen) atoms. The Morgan fingerprint density at radius 3 is 2.69 bits per heavy atom. The lowest BCUT2D eigenvalue weighted by Gasteiger charge is -2.58. The highest BCUT2D eigenvalue weighted by Gasteiger charge is 2.62. The summed E-state index contributed by atoms with van der Waals surface area (Å²) in [6.45, 7) is 6.52. The molecule has 3 nitrogen and oxygen atoms in total. The van der Waals surface area contributed by atoms with E-state index in [2.05, 4.69) is 26.0 Å². The van der Waals surface area contributed by atoms with Gasteiger partial charge in [0.25, 0.3) is 0 Å². The SMILES string of the molecule is COC1CC[C@@]2(C)C(=CC[C@H]3[C@@H]4CC(C#N)[C@H](C(C)=O)[C@@]4(C)CC[C@@H]32)C1. The van der Waals surface area contributed by atoms with Gasteiger partial charge in [-0.1, -0.05) is 25.5 Å². The Morgan fingerprint density at radius 1 is 1.27 bits per heavy atom. The molecule has 142 valence electrons. The van der Waals surface area contributed by atoms with Crippen molar-refractivity contribution in [1.29, 1.82) is 5.26 Å². The number of rotatable bonds is 2. The number of nitrogens with zero attached hydrogens (tertiary/aromatic N) is 1. The van der Waals surface area contributed by atoms with Gasteiger partial charge >= 0.3 is 0 Å². The zero-order valence-corrected chi connectivity index (χ0v) is 16.8. The summed E-state index contributed by atoms with van der Waals surface area (Å²) in [6.07, 6.45) is 10.8. The van der Waals surface area contributed by atoms with Crippen molar-refractivity contribution >= 4 is 5.78 Å². The number of ether oxygens (including phenoxy) is 1. The lowest BCUT2D eigenvalue weighted by Crippen LogP contribution is -2.51. The number of methoxy groups -OCH3 is 1. The normalized spacial score (nSPS) is 50.0. The molecule has 0 saturated heterocycles. The number of allylic oxidation sites excluding steroid dienone is 1. The van der Waals surface area contributed by atoms with Crippen molar-refractivity contribution in [3.8, 4) is 6.07 Å². The summed E-state index contributed by atoms with van der Waals surface area (Å²) in [5.41, 5.74) is 1.95. The Bertz CT molecular complexity index is 676. The zero-order valence-electron chi connectivity index (χ0n) is 16.8. The molecule has 2 unspecified atom stereocenters. The molecule has 0 radical (unpaired) electrons. The van der Waals surface area contributed by atoms with Gasteiger partial charge in [-0.15, -0.1) is 0 Å². The van der Waals surface area contributed by atoms with Crippen molar-refractivity contribution < 1.29 is 9.53 Å². The van der Waals surface area contributed by atoms with Crippen LogP contribution in [0.1, 0.15) is 65.7 Å². The predicted molar refractivity (Wildman–Crippen MR) is 101 cm³/mol. The molecule has 0 aromatic carbocycles. The van der Waals surface area contributed by atoms with Crippen LogP contribution in [0.25, 0.3) is 0 Å².